The topological polar surface area (TPSA) is 38.3 Å². The third kappa shape index (κ3) is 8.38. The van der Waals surface area contributed by atoms with Gasteiger partial charge in [0.05, 0.1) is 13.5 Å². The summed E-state index contributed by atoms with van der Waals surface area (Å²) in [6, 6.07) is 0.219. The molecule has 0 aliphatic rings. The van der Waals surface area contributed by atoms with Gasteiger partial charge in [0, 0.05) is 6.04 Å². The fraction of sp³-hybridized carbons (Fsp3) is 0.900. The van der Waals surface area contributed by atoms with Crippen LogP contribution in [0.4, 0.5) is 0 Å². The minimum Gasteiger partial charge on any atom is -0.469 e. The lowest BCUT2D eigenvalue weighted by molar-refractivity contribution is -0.141. The quantitative estimate of drug-likeness (QED) is 0.498. The summed E-state index contributed by atoms with van der Waals surface area (Å²) in [5.74, 6) is 1.07. The van der Waals surface area contributed by atoms with Gasteiger partial charge in [-0.05, 0) is 38.3 Å². The van der Waals surface area contributed by atoms with Gasteiger partial charge in [-0.25, -0.2) is 0 Å². The Labute approximate surface area is 91.0 Å². The number of carbonyl (C=O) groups excluding carboxylic acids is 1. The first-order valence-electron chi connectivity index (χ1n) is 4.99. The first-order chi connectivity index (χ1) is 6.70. The molecule has 0 aliphatic heterocycles. The lowest BCUT2D eigenvalue weighted by atomic mass is 10.2. The van der Waals surface area contributed by atoms with Gasteiger partial charge in [-0.1, -0.05) is 0 Å². The Morgan fingerprint density at radius 3 is 2.79 bits per heavy atom. The highest BCUT2D eigenvalue weighted by atomic mass is 32.2. The van der Waals surface area contributed by atoms with Crippen LogP contribution >= 0.6 is 11.8 Å². The maximum Gasteiger partial charge on any atom is 0.307 e. The molecule has 1 unspecified atom stereocenters. The first kappa shape index (κ1) is 13.8. The second-order valence-electron chi connectivity index (χ2n) is 3.34. The second kappa shape index (κ2) is 9.34. The molecule has 0 saturated heterocycles. The van der Waals surface area contributed by atoms with Gasteiger partial charge in [-0.15, -0.1) is 0 Å². The van der Waals surface area contributed by atoms with Crippen molar-refractivity contribution >= 4 is 17.7 Å². The molecule has 0 aromatic carbocycles. The van der Waals surface area contributed by atoms with Crippen LogP contribution in [0.15, 0.2) is 0 Å². The van der Waals surface area contributed by atoms with Crippen LogP contribution in [0, 0.1) is 0 Å². The molecule has 0 radical (unpaired) electrons. The average Bonchev–Trinajstić information content (AvgIpc) is 2.17. The number of carbonyl (C=O) groups is 1. The molecule has 1 atom stereocenters. The number of thioether (sulfide) groups is 1. The molecule has 0 aliphatic carbocycles. The highest BCUT2D eigenvalue weighted by Crippen LogP contribution is 1.99. The molecule has 3 nitrogen and oxygen atoms in total. The van der Waals surface area contributed by atoms with Crippen molar-refractivity contribution < 1.29 is 9.53 Å². The minimum atomic E-state index is -0.144. The first-order valence-corrected chi connectivity index (χ1v) is 6.39. The van der Waals surface area contributed by atoms with Crippen LogP contribution in [0.1, 0.15) is 26.2 Å². The third-order valence-corrected chi connectivity index (χ3v) is 2.67. The Kier molecular flexibility index (Phi) is 9.19. The summed E-state index contributed by atoms with van der Waals surface area (Å²) in [7, 11) is 1.42. The molecule has 0 spiro atoms. The van der Waals surface area contributed by atoms with Crippen LogP contribution in [0.3, 0.4) is 0 Å². The number of rotatable bonds is 8. The molecule has 0 bridgehead atoms. The predicted molar refractivity (Wildman–Crippen MR) is 61.7 cm³/mol. The van der Waals surface area contributed by atoms with E-state index in [1.807, 2.05) is 18.7 Å². The molecule has 14 heavy (non-hydrogen) atoms. The fourth-order valence-electron chi connectivity index (χ4n) is 1.13. The van der Waals surface area contributed by atoms with Crippen LogP contribution in [0.25, 0.3) is 0 Å². The lowest BCUT2D eigenvalue weighted by Gasteiger charge is -2.11. The Morgan fingerprint density at radius 2 is 2.21 bits per heavy atom. The second-order valence-corrected chi connectivity index (χ2v) is 4.32. The third-order valence-electron chi connectivity index (χ3n) is 1.97. The SMILES string of the molecule is COC(=O)CC(C)NCCCCSC. The van der Waals surface area contributed by atoms with Gasteiger partial charge in [-0.2, -0.15) is 11.8 Å². The average molecular weight is 219 g/mol. The number of methoxy groups -OCH3 is 1. The number of nitrogens with one attached hydrogen (secondary N) is 1. The molecular weight excluding hydrogens is 198 g/mol. The van der Waals surface area contributed by atoms with Crippen molar-refractivity contribution in [2.45, 2.75) is 32.2 Å². The summed E-state index contributed by atoms with van der Waals surface area (Å²) in [4.78, 5) is 10.9. The van der Waals surface area contributed by atoms with E-state index < -0.39 is 0 Å². The highest BCUT2D eigenvalue weighted by molar-refractivity contribution is 7.98. The van der Waals surface area contributed by atoms with Crippen LogP contribution in [-0.2, 0) is 9.53 Å². The molecule has 0 aromatic heterocycles. The molecule has 0 fully saturated rings. The minimum absolute atomic E-state index is 0.144. The summed E-state index contributed by atoms with van der Waals surface area (Å²) < 4.78 is 4.58. The van der Waals surface area contributed by atoms with E-state index in [0.717, 1.165) is 6.54 Å². The zero-order valence-corrected chi connectivity index (χ0v) is 10.2. The number of hydrogen-bond acceptors (Lipinski definition) is 4. The van der Waals surface area contributed by atoms with Crippen LogP contribution < -0.4 is 5.32 Å². The summed E-state index contributed by atoms with van der Waals surface area (Å²) in [5.41, 5.74) is 0. The Balaban J connectivity index is 3.26. The molecular formula is C10H21NO2S. The van der Waals surface area contributed by atoms with Gasteiger partial charge >= 0.3 is 5.97 Å². The summed E-state index contributed by atoms with van der Waals surface area (Å²) in [6.45, 7) is 2.99. The number of ether oxygens (including phenoxy) is 1. The smallest absolute Gasteiger partial charge is 0.307 e. The van der Waals surface area contributed by atoms with Gasteiger partial charge in [0.25, 0.3) is 0 Å². The van der Waals surface area contributed by atoms with E-state index >= 15 is 0 Å². The molecule has 0 rings (SSSR count). The number of esters is 1. The molecule has 0 heterocycles. The molecule has 1 N–H and O–H groups in total. The monoisotopic (exact) mass is 219 g/mol. The van der Waals surface area contributed by atoms with Crippen molar-refractivity contribution in [3.8, 4) is 0 Å². The Hall–Kier alpha value is -0.220. The molecule has 84 valence electrons. The van der Waals surface area contributed by atoms with Gasteiger partial charge in [0.2, 0.25) is 0 Å². The van der Waals surface area contributed by atoms with Gasteiger partial charge in [-0.3, -0.25) is 4.79 Å². The van der Waals surface area contributed by atoms with E-state index in [1.165, 1.54) is 25.7 Å². The van der Waals surface area contributed by atoms with Gasteiger partial charge in [0.15, 0.2) is 0 Å². The normalized spacial score (nSPS) is 12.5. The number of unbranched alkanes of at least 4 members (excludes halogenated alkanes) is 1. The van der Waals surface area contributed by atoms with E-state index in [2.05, 4.69) is 16.3 Å². The lowest BCUT2D eigenvalue weighted by Crippen LogP contribution is -2.29. The van der Waals surface area contributed by atoms with Crippen LogP contribution in [0.2, 0.25) is 0 Å². The van der Waals surface area contributed by atoms with E-state index in [9.17, 15) is 4.79 Å². The highest BCUT2D eigenvalue weighted by Gasteiger charge is 2.07. The van der Waals surface area contributed by atoms with E-state index in [0.29, 0.717) is 6.42 Å². The molecule has 0 amide bonds. The predicted octanol–water partition coefficient (Wildman–Crippen LogP) is 1.67. The largest absolute Gasteiger partial charge is 0.469 e. The standard InChI is InChI=1S/C10H21NO2S/c1-9(8-10(12)13-2)11-6-4-5-7-14-3/h9,11H,4-8H2,1-3H3. The van der Waals surface area contributed by atoms with Crippen LogP contribution in [-0.4, -0.2) is 37.7 Å². The van der Waals surface area contributed by atoms with Gasteiger partial charge < -0.3 is 10.1 Å². The number of hydrogen-bond donors (Lipinski definition) is 1. The van der Waals surface area contributed by atoms with Crippen molar-refractivity contribution in [2.24, 2.45) is 0 Å². The Morgan fingerprint density at radius 1 is 1.50 bits per heavy atom. The maximum atomic E-state index is 10.9. The fourth-order valence-corrected chi connectivity index (χ4v) is 1.62. The van der Waals surface area contributed by atoms with Crippen molar-refractivity contribution in [3.63, 3.8) is 0 Å². The van der Waals surface area contributed by atoms with Crippen LogP contribution in [0.5, 0.6) is 0 Å². The van der Waals surface area contributed by atoms with Crippen molar-refractivity contribution in [2.75, 3.05) is 25.7 Å². The van der Waals surface area contributed by atoms with Crippen molar-refractivity contribution in [1.82, 2.24) is 5.32 Å². The van der Waals surface area contributed by atoms with E-state index in [1.54, 1.807) is 0 Å². The van der Waals surface area contributed by atoms with Crippen molar-refractivity contribution in [1.29, 1.82) is 0 Å². The van der Waals surface area contributed by atoms with E-state index in [4.69, 9.17) is 0 Å². The molecule has 0 saturated carbocycles. The summed E-state index contributed by atoms with van der Waals surface area (Å²) >= 11 is 1.87. The zero-order chi connectivity index (χ0) is 10.8. The summed E-state index contributed by atoms with van der Waals surface area (Å²) in [5, 5.41) is 3.30. The maximum absolute atomic E-state index is 10.9. The summed E-state index contributed by atoms with van der Waals surface area (Å²) in [6.07, 6.45) is 4.98. The van der Waals surface area contributed by atoms with E-state index in [-0.39, 0.29) is 12.0 Å². The Bertz CT molecular complexity index is 153. The van der Waals surface area contributed by atoms with Gasteiger partial charge in [0.1, 0.15) is 0 Å². The molecule has 4 heteroatoms. The molecule has 0 aromatic rings. The zero-order valence-electron chi connectivity index (χ0n) is 9.34. The van der Waals surface area contributed by atoms with Crippen molar-refractivity contribution in [3.05, 3.63) is 0 Å².